The summed E-state index contributed by atoms with van der Waals surface area (Å²) in [5.74, 6) is -0.414. The topological polar surface area (TPSA) is 76.2 Å². The fourth-order valence-electron chi connectivity index (χ4n) is 4.96. The zero-order valence-corrected chi connectivity index (χ0v) is 23.0. The van der Waals surface area contributed by atoms with Gasteiger partial charge in [0.15, 0.2) is 0 Å². The molecule has 0 N–H and O–H groups in total. The number of fused-ring (bicyclic) bond motifs is 1. The van der Waals surface area contributed by atoms with Crippen molar-refractivity contribution in [3.63, 3.8) is 0 Å². The number of hydrogen-bond acceptors (Lipinski definition) is 5. The largest absolute Gasteiger partial charge is 0.444 e. The maximum absolute atomic E-state index is 13.4. The molecule has 0 aliphatic carbocycles. The molecule has 7 nitrogen and oxygen atoms in total. The van der Waals surface area contributed by atoms with Crippen LogP contribution in [0.3, 0.4) is 0 Å². The van der Waals surface area contributed by atoms with Gasteiger partial charge in [-0.05, 0) is 70.7 Å². The molecule has 2 aliphatic heterocycles. The van der Waals surface area contributed by atoms with Crippen molar-refractivity contribution in [1.82, 2.24) is 9.80 Å². The van der Waals surface area contributed by atoms with E-state index in [9.17, 15) is 14.4 Å². The van der Waals surface area contributed by atoms with Crippen molar-refractivity contribution in [2.75, 3.05) is 6.54 Å². The van der Waals surface area contributed by atoms with E-state index in [-0.39, 0.29) is 23.1 Å². The van der Waals surface area contributed by atoms with Gasteiger partial charge in [0.1, 0.15) is 11.3 Å². The monoisotopic (exact) mass is 487 g/mol. The van der Waals surface area contributed by atoms with Crippen molar-refractivity contribution in [3.05, 3.63) is 35.4 Å². The normalized spacial score (nSPS) is 24.1. The highest BCUT2D eigenvalue weighted by Crippen LogP contribution is 2.46. The summed E-state index contributed by atoms with van der Waals surface area (Å²) in [6, 6.07) is 6.44. The van der Waals surface area contributed by atoms with Crippen molar-refractivity contribution in [3.8, 4) is 0 Å². The van der Waals surface area contributed by atoms with E-state index >= 15 is 0 Å². The Morgan fingerprint density at radius 2 is 1.62 bits per heavy atom. The fourth-order valence-corrected chi connectivity index (χ4v) is 5.99. The fraction of sp³-hybridized carbons (Fsp3) is 0.654. The van der Waals surface area contributed by atoms with Crippen LogP contribution in [0.15, 0.2) is 24.3 Å². The molecule has 0 spiro atoms. The first-order valence-corrected chi connectivity index (χ1v) is 14.4. The molecular weight excluding hydrogens is 448 g/mol. The van der Waals surface area contributed by atoms with Gasteiger partial charge in [0.25, 0.3) is 11.8 Å². The van der Waals surface area contributed by atoms with E-state index in [1.165, 1.54) is 4.90 Å². The predicted octanol–water partition coefficient (Wildman–Crippen LogP) is 5.33. The minimum Gasteiger partial charge on any atom is -0.444 e. The third-order valence-electron chi connectivity index (χ3n) is 6.57. The van der Waals surface area contributed by atoms with E-state index in [0.29, 0.717) is 30.5 Å². The van der Waals surface area contributed by atoms with Gasteiger partial charge < -0.3 is 9.16 Å². The molecule has 3 amide bonds. The van der Waals surface area contributed by atoms with Gasteiger partial charge in [-0.25, -0.2) is 4.79 Å². The summed E-state index contributed by atoms with van der Waals surface area (Å²) in [6.07, 6.45) is 0.538. The molecule has 34 heavy (non-hydrogen) atoms. The number of hydrogen-bond donors (Lipinski definition) is 0. The molecule has 2 aliphatic rings. The Kier molecular flexibility index (Phi) is 7.08. The van der Waals surface area contributed by atoms with Crippen LogP contribution in [-0.4, -0.2) is 60.7 Å². The first-order valence-electron chi connectivity index (χ1n) is 12.0. The van der Waals surface area contributed by atoms with Gasteiger partial charge in [-0.3, -0.25) is 19.4 Å². The molecule has 1 unspecified atom stereocenters. The summed E-state index contributed by atoms with van der Waals surface area (Å²) in [6.45, 7) is 18.5. The van der Waals surface area contributed by atoms with Gasteiger partial charge in [-0.15, -0.1) is 0 Å². The number of amides is 3. The van der Waals surface area contributed by atoms with Gasteiger partial charge in [0.2, 0.25) is 9.04 Å². The second-order valence-electron chi connectivity index (χ2n) is 11.9. The van der Waals surface area contributed by atoms with Crippen LogP contribution in [0, 0.1) is 11.3 Å². The number of carbonyl (C=O) groups excluding carboxylic acids is 3. The first-order chi connectivity index (χ1) is 15.6. The number of ether oxygens (including phenoxy) is 1. The lowest BCUT2D eigenvalue weighted by Crippen LogP contribution is -2.56. The zero-order chi connectivity index (χ0) is 25.6. The summed E-state index contributed by atoms with van der Waals surface area (Å²) in [5, 5.41) is 0. The molecule has 0 aromatic heterocycles. The highest BCUT2D eigenvalue weighted by Gasteiger charge is 2.55. The molecule has 1 aromatic carbocycles. The van der Waals surface area contributed by atoms with E-state index in [4.69, 9.17) is 9.16 Å². The van der Waals surface area contributed by atoms with Crippen molar-refractivity contribution in [2.24, 2.45) is 11.3 Å². The van der Waals surface area contributed by atoms with Crippen LogP contribution < -0.4 is 0 Å². The maximum atomic E-state index is 13.4. The van der Waals surface area contributed by atoms with Crippen molar-refractivity contribution in [2.45, 2.75) is 91.8 Å². The second-order valence-corrected chi connectivity index (χ2v) is 13.9. The minimum absolute atomic E-state index is 0.0570. The lowest BCUT2D eigenvalue weighted by atomic mass is 9.78. The van der Waals surface area contributed by atoms with Crippen molar-refractivity contribution >= 4 is 26.9 Å². The molecule has 8 heteroatoms. The van der Waals surface area contributed by atoms with Gasteiger partial charge >= 0.3 is 6.09 Å². The number of benzene rings is 1. The molecule has 1 radical (unpaired) electrons. The number of imide groups is 1. The van der Waals surface area contributed by atoms with Crippen LogP contribution in [0.2, 0.25) is 13.1 Å². The van der Waals surface area contributed by atoms with Gasteiger partial charge in [0.05, 0.1) is 11.1 Å². The Morgan fingerprint density at radius 1 is 1.09 bits per heavy atom. The predicted molar refractivity (Wildman–Crippen MR) is 133 cm³/mol. The number of nitrogens with zero attached hydrogens (tertiary/aromatic N) is 2. The molecule has 1 aromatic rings. The average Bonchev–Trinajstić information content (AvgIpc) is 3.16. The molecule has 1 fully saturated rings. The van der Waals surface area contributed by atoms with Gasteiger partial charge in [0, 0.05) is 19.0 Å². The number of rotatable bonds is 5. The third kappa shape index (κ3) is 5.22. The Morgan fingerprint density at radius 3 is 2.06 bits per heavy atom. The smallest absolute Gasteiger partial charge is 0.412 e. The number of carbonyl (C=O) groups is 3. The van der Waals surface area contributed by atoms with Gasteiger partial charge in [-0.2, -0.15) is 0 Å². The highest BCUT2D eigenvalue weighted by atomic mass is 28.3. The zero-order valence-electron chi connectivity index (χ0n) is 22.0. The van der Waals surface area contributed by atoms with Crippen molar-refractivity contribution < 1.29 is 23.5 Å². The highest BCUT2D eigenvalue weighted by molar-refractivity contribution is 6.48. The first kappa shape index (κ1) is 26.4. The van der Waals surface area contributed by atoms with Gasteiger partial charge in [-0.1, -0.05) is 32.9 Å². The summed E-state index contributed by atoms with van der Waals surface area (Å²) < 4.78 is 12.4. The molecule has 2 heterocycles. The summed E-state index contributed by atoms with van der Waals surface area (Å²) >= 11 is 0. The van der Waals surface area contributed by atoms with Crippen LogP contribution >= 0.6 is 0 Å². The molecule has 0 saturated carbocycles. The van der Waals surface area contributed by atoms with Crippen LogP contribution in [-0.2, 0) is 9.16 Å². The van der Waals surface area contributed by atoms with E-state index in [2.05, 4.69) is 20.8 Å². The summed E-state index contributed by atoms with van der Waals surface area (Å²) in [5.41, 5.74) is -0.810. The van der Waals surface area contributed by atoms with E-state index in [0.717, 1.165) is 0 Å². The number of likely N-dealkylation sites (tertiary alicyclic amines) is 1. The van der Waals surface area contributed by atoms with Crippen LogP contribution in [0.4, 0.5) is 4.79 Å². The van der Waals surface area contributed by atoms with Crippen LogP contribution in [0.5, 0.6) is 0 Å². The quantitative estimate of drug-likeness (QED) is 0.415. The Bertz CT molecular complexity index is 930. The van der Waals surface area contributed by atoms with Crippen LogP contribution in [0.1, 0.15) is 82.0 Å². The summed E-state index contributed by atoms with van der Waals surface area (Å²) in [4.78, 5) is 42.8. The standard InChI is InChI=1S/C26H39N2O5Si/c1-17(28-21(29)19-12-10-11-13-20(19)22(28)30)14-26(33-34(8)9)15-18(24(2,3)4)16-27(26)23(31)32-25(5,6)7/h10-13,17-18H,14-16H2,1-9H3/t17?,18-,26-/m0/s1. The van der Waals surface area contributed by atoms with E-state index in [1.807, 2.05) is 40.8 Å². The average molecular weight is 488 g/mol. The Labute approximate surface area is 205 Å². The lowest BCUT2D eigenvalue weighted by Gasteiger charge is -2.42. The molecule has 3 atom stereocenters. The molecule has 0 bridgehead atoms. The molecule has 187 valence electrons. The van der Waals surface area contributed by atoms with Crippen molar-refractivity contribution in [1.29, 1.82) is 0 Å². The van der Waals surface area contributed by atoms with E-state index < -0.39 is 32.5 Å². The van der Waals surface area contributed by atoms with E-state index in [1.54, 1.807) is 29.2 Å². The third-order valence-corrected chi connectivity index (χ3v) is 7.36. The lowest BCUT2D eigenvalue weighted by molar-refractivity contribution is -0.0804. The molecular formula is C26H39N2O5Si. The molecule has 3 rings (SSSR count). The van der Waals surface area contributed by atoms with Crippen LogP contribution in [0.25, 0.3) is 0 Å². The SMILES string of the molecule is CC(C[C@]1(O[Si](C)C)C[C@H](C(C)(C)C)CN1C(=O)OC(C)(C)C)N1C(=O)c2ccccc2C1=O. The summed E-state index contributed by atoms with van der Waals surface area (Å²) in [7, 11) is -1.24. The Balaban J connectivity index is 1.98. The Hall–Kier alpha value is -2.19. The second kappa shape index (κ2) is 9.11. The molecule has 1 saturated heterocycles. The minimum atomic E-state index is -1.24. The maximum Gasteiger partial charge on any atom is 0.412 e.